The van der Waals surface area contributed by atoms with Gasteiger partial charge in [-0.25, -0.2) is 0 Å². The first-order valence-corrected chi connectivity index (χ1v) is 12.9. The maximum atomic E-state index is 8.92. The van der Waals surface area contributed by atoms with Crippen LogP contribution in [0.25, 0.3) is 11.1 Å². The topological polar surface area (TPSA) is 33.0 Å². The summed E-state index contributed by atoms with van der Waals surface area (Å²) in [6.45, 7) is 12.5. The van der Waals surface area contributed by atoms with Crippen LogP contribution < -0.4 is 0 Å². The summed E-state index contributed by atoms with van der Waals surface area (Å²) in [6.07, 6.45) is 2.46. The van der Waals surface area contributed by atoms with Crippen molar-refractivity contribution in [2.45, 2.75) is 57.7 Å². The Hall–Kier alpha value is -1.89. The second kappa shape index (κ2) is 7.62. The van der Waals surface area contributed by atoms with Gasteiger partial charge in [0.05, 0.1) is 11.6 Å². The van der Waals surface area contributed by atoms with E-state index in [0.29, 0.717) is 11.5 Å². The molecule has 1 saturated carbocycles. The molecule has 0 spiro atoms. The first-order valence-electron chi connectivity index (χ1n) is 9.96. The molecule has 0 radical (unpaired) electrons. The molecule has 0 saturated heterocycles. The van der Waals surface area contributed by atoms with Gasteiger partial charge in [-0.1, -0.05) is 57.2 Å². The van der Waals surface area contributed by atoms with Gasteiger partial charge in [-0.3, -0.25) is 0 Å². The van der Waals surface area contributed by atoms with Gasteiger partial charge in [0.2, 0.25) is 0 Å². The zero-order valence-electron chi connectivity index (χ0n) is 17.3. The quantitative estimate of drug-likeness (QED) is 0.522. The fourth-order valence-electron chi connectivity index (χ4n) is 3.32. The lowest BCUT2D eigenvalue weighted by atomic mass is 10.0. The summed E-state index contributed by atoms with van der Waals surface area (Å²) >= 11 is 0. The second-order valence-electron chi connectivity index (χ2n) is 9.31. The van der Waals surface area contributed by atoms with Crippen LogP contribution >= 0.6 is 0 Å². The number of benzene rings is 2. The van der Waals surface area contributed by atoms with Gasteiger partial charge >= 0.3 is 0 Å². The molecule has 2 aromatic rings. The monoisotopic (exact) mass is 377 g/mol. The lowest BCUT2D eigenvalue weighted by molar-refractivity contribution is 0.274. The van der Waals surface area contributed by atoms with Gasteiger partial charge in [-0.2, -0.15) is 5.26 Å². The molecule has 0 aliphatic heterocycles. The number of nitrogens with zero attached hydrogens (tertiary/aromatic N) is 1. The highest BCUT2D eigenvalue weighted by atomic mass is 28.4. The largest absolute Gasteiger partial charge is 0.417 e. The highest BCUT2D eigenvalue weighted by molar-refractivity contribution is 6.74. The molecule has 2 atom stereocenters. The summed E-state index contributed by atoms with van der Waals surface area (Å²) in [5.41, 5.74) is 4.53. The van der Waals surface area contributed by atoms with Crippen molar-refractivity contribution in [3.63, 3.8) is 0 Å². The van der Waals surface area contributed by atoms with Gasteiger partial charge < -0.3 is 4.43 Å². The first-order chi connectivity index (χ1) is 12.7. The second-order valence-corrected chi connectivity index (χ2v) is 14.1. The van der Waals surface area contributed by atoms with Gasteiger partial charge in [0, 0.05) is 6.61 Å². The van der Waals surface area contributed by atoms with E-state index in [2.05, 4.69) is 64.2 Å². The predicted molar refractivity (Wildman–Crippen MR) is 115 cm³/mol. The van der Waals surface area contributed by atoms with Crippen LogP contribution in [0.2, 0.25) is 18.1 Å². The van der Waals surface area contributed by atoms with Crippen molar-refractivity contribution in [1.82, 2.24) is 0 Å². The van der Waals surface area contributed by atoms with Crippen LogP contribution in [0.1, 0.15) is 50.7 Å². The molecule has 0 heterocycles. The SMILES string of the molecule is CC(C)(C)[Si](C)(C)OCCC1CC1c1ccc(-c2ccc(C#N)cc2)cc1. The maximum Gasteiger partial charge on any atom is 0.191 e. The Labute approximate surface area is 165 Å². The average molecular weight is 378 g/mol. The smallest absolute Gasteiger partial charge is 0.191 e. The normalized spacial score (nSPS) is 19.6. The Balaban J connectivity index is 1.53. The van der Waals surface area contributed by atoms with Crippen LogP contribution in [0.5, 0.6) is 0 Å². The number of nitriles is 1. The molecule has 142 valence electrons. The lowest BCUT2D eigenvalue weighted by Crippen LogP contribution is -2.41. The Bertz CT molecular complexity index is 809. The molecule has 2 nitrogen and oxygen atoms in total. The molecule has 2 aromatic carbocycles. The van der Waals surface area contributed by atoms with E-state index in [-0.39, 0.29) is 5.04 Å². The van der Waals surface area contributed by atoms with Crippen molar-refractivity contribution in [1.29, 1.82) is 5.26 Å². The number of hydrogen-bond donors (Lipinski definition) is 0. The predicted octanol–water partition coefficient (Wildman–Crippen LogP) is 6.74. The van der Waals surface area contributed by atoms with E-state index >= 15 is 0 Å². The van der Waals surface area contributed by atoms with Crippen molar-refractivity contribution in [2.75, 3.05) is 6.61 Å². The zero-order chi connectivity index (χ0) is 19.7. The number of hydrogen-bond acceptors (Lipinski definition) is 2. The highest BCUT2D eigenvalue weighted by Crippen LogP contribution is 2.50. The van der Waals surface area contributed by atoms with E-state index in [1.54, 1.807) is 0 Å². The molecular formula is C24H31NOSi. The van der Waals surface area contributed by atoms with Crippen LogP contribution in [0, 0.1) is 17.2 Å². The summed E-state index contributed by atoms with van der Waals surface area (Å²) < 4.78 is 6.34. The molecule has 1 aliphatic rings. The molecular weight excluding hydrogens is 346 g/mol. The minimum absolute atomic E-state index is 0.289. The van der Waals surface area contributed by atoms with Gasteiger partial charge in [0.15, 0.2) is 8.32 Å². The summed E-state index contributed by atoms with van der Waals surface area (Å²) in [4.78, 5) is 0. The van der Waals surface area contributed by atoms with Gasteiger partial charge in [0.1, 0.15) is 0 Å². The van der Waals surface area contributed by atoms with Crippen LogP contribution in [-0.4, -0.2) is 14.9 Å². The standard InChI is InChI=1S/C24H31NOSi/c1-24(2,3)27(4,5)26-15-14-22-16-23(22)21-12-10-20(11-13-21)19-8-6-18(17-25)7-9-19/h6-13,22-23H,14-16H2,1-5H3. The van der Waals surface area contributed by atoms with E-state index in [4.69, 9.17) is 9.69 Å². The molecule has 1 fully saturated rings. The van der Waals surface area contributed by atoms with Crippen molar-refractivity contribution in [3.8, 4) is 17.2 Å². The Morgan fingerprint density at radius 1 is 1.00 bits per heavy atom. The summed E-state index contributed by atoms with van der Waals surface area (Å²) in [5, 5.41) is 9.21. The number of rotatable bonds is 6. The summed E-state index contributed by atoms with van der Waals surface area (Å²) in [5.74, 6) is 1.47. The van der Waals surface area contributed by atoms with E-state index in [9.17, 15) is 0 Å². The zero-order valence-corrected chi connectivity index (χ0v) is 18.3. The molecule has 27 heavy (non-hydrogen) atoms. The molecule has 0 amide bonds. The summed E-state index contributed by atoms with van der Waals surface area (Å²) in [6, 6.07) is 18.9. The molecule has 2 unspecified atom stereocenters. The molecule has 3 heteroatoms. The van der Waals surface area contributed by atoms with E-state index in [1.807, 2.05) is 24.3 Å². The Morgan fingerprint density at radius 2 is 1.56 bits per heavy atom. The molecule has 0 aromatic heterocycles. The first kappa shape index (κ1) is 19.9. The van der Waals surface area contributed by atoms with Crippen molar-refractivity contribution < 1.29 is 4.43 Å². The summed E-state index contributed by atoms with van der Waals surface area (Å²) in [7, 11) is -1.62. The van der Waals surface area contributed by atoms with Crippen LogP contribution in [-0.2, 0) is 4.43 Å². The van der Waals surface area contributed by atoms with Gasteiger partial charge in [0.25, 0.3) is 0 Å². The Kier molecular flexibility index (Phi) is 5.60. The minimum atomic E-state index is -1.62. The fraction of sp³-hybridized carbons (Fsp3) is 0.458. The van der Waals surface area contributed by atoms with Crippen molar-refractivity contribution in [3.05, 3.63) is 59.7 Å². The highest BCUT2D eigenvalue weighted by Gasteiger charge is 2.40. The molecule has 0 N–H and O–H groups in total. The average Bonchev–Trinajstić information content (AvgIpc) is 3.40. The third kappa shape index (κ3) is 4.69. The van der Waals surface area contributed by atoms with Gasteiger partial charge in [-0.05, 0) is 71.6 Å². The molecule has 0 bridgehead atoms. The van der Waals surface area contributed by atoms with Gasteiger partial charge in [-0.15, -0.1) is 0 Å². The third-order valence-corrected chi connectivity index (χ3v) is 10.9. The maximum absolute atomic E-state index is 8.92. The third-order valence-electron chi connectivity index (χ3n) is 6.37. The van der Waals surface area contributed by atoms with Crippen LogP contribution in [0.15, 0.2) is 48.5 Å². The van der Waals surface area contributed by atoms with Crippen molar-refractivity contribution >= 4 is 8.32 Å². The Morgan fingerprint density at radius 3 is 2.07 bits per heavy atom. The van der Waals surface area contributed by atoms with E-state index < -0.39 is 8.32 Å². The minimum Gasteiger partial charge on any atom is -0.417 e. The van der Waals surface area contributed by atoms with E-state index in [1.165, 1.54) is 24.0 Å². The lowest BCUT2D eigenvalue weighted by Gasteiger charge is -2.36. The van der Waals surface area contributed by atoms with Crippen molar-refractivity contribution in [2.24, 2.45) is 5.92 Å². The van der Waals surface area contributed by atoms with E-state index in [0.717, 1.165) is 18.1 Å². The fourth-order valence-corrected chi connectivity index (χ4v) is 4.38. The van der Waals surface area contributed by atoms with Crippen LogP contribution in [0.4, 0.5) is 0 Å². The molecule has 3 rings (SSSR count). The van der Waals surface area contributed by atoms with Crippen LogP contribution in [0.3, 0.4) is 0 Å². The molecule has 1 aliphatic carbocycles.